The molecule has 2 aromatic heterocycles. The van der Waals surface area contributed by atoms with Crippen LogP contribution in [0.4, 0.5) is 5.82 Å². The van der Waals surface area contributed by atoms with Crippen molar-refractivity contribution in [1.82, 2.24) is 19.7 Å². The fraction of sp³-hybridized carbons (Fsp3) is 0.368. The number of H-pyrrole nitrogens is 1. The standard InChI is InChI=1S/C19H25N5/c1-13-8-6-7-9-15(13)16-10-17(24(5)23-16)20-11-14-12-21-18(22-14)19(2,3)4/h6-10,12,20H,11H2,1-5H3,(H,21,22). The fourth-order valence-corrected chi connectivity index (χ4v) is 2.64. The quantitative estimate of drug-likeness (QED) is 0.762. The van der Waals surface area contributed by atoms with Crippen LogP contribution >= 0.6 is 0 Å². The zero-order chi connectivity index (χ0) is 17.3. The van der Waals surface area contributed by atoms with Gasteiger partial charge in [-0.25, -0.2) is 4.98 Å². The van der Waals surface area contributed by atoms with Gasteiger partial charge in [-0.2, -0.15) is 5.10 Å². The van der Waals surface area contributed by atoms with Gasteiger partial charge in [-0.1, -0.05) is 45.0 Å². The van der Waals surface area contributed by atoms with E-state index in [9.17, 15) is 0 Å². The van der Waals surface area contributed by atoms with Crippen molar-refractivity contribution in [3.63, 3.8) is 0 Å². The minimum absolute atomic E-state index is 0.0305. The molecule has 0 saturated heterocycles. The molecule has 0 aliphatic rings. The van der Waals surface area contributed by atoms with E-state index in [2.05, 4.69) is 66.3 Å². The van der Waals surface area contributed by atoms with Crippen LogP contribution in [0.3, 0.4) is 0 Å². The average molecular weight is 323 g/mol. The van der Waals surface area contributed by atoms with Crippen LogP contribution in [-0.2, 0) is 19.0 Å². The summed E-state index contributed by atoms with van der Waals surface area (Å²) in [7, 11) is 1.96. The van der Waals surface area contributed by atoms with E-state index < -0.39 is 0 Å². The second-order valence-corrected chi connectivity index (χ2v) is 7.21. The Kier molecular flexibility index (Phi) is 4.18. The van der Waals surface area contributed by atoms with Crippen molar-refractivity contribution in [3.05, 3.63) is 53.6 Å². The molecule has 1 aromatic carbocycles. The lowest BCUT2D eigenvalue weighted by Gasteiger charge is -2.14. The van der Waals surface area contributed by atoms with E-state index in [1.165, 1.54) is 5.56 Å². The molecule has 0 atom stereocenters. The van der Waals surface area contributed by atoms with Crippen LogP contribution in [0.1, 0.15) is 37.9 Å². The molecule has 0 fully saturated rings. The number of aryl methyl sites for hydroxylation is 2. The summed E-state index contributed by atoms with van der Waals surface area (Å²) in [5.41, 5.74) is 4.47. The second kappa shape index (κ2) is 6.15. The number of imidazole rings is 1. The summed E-state index contributed by atoms with van der Waals surface area (Å²) in [5, 5.41) is 8.06. The third kappa shape index (κ3) is 3.35. The monoisotopic (exact) mass is 323 g/mol. The number of hydrogen-bond donors (Lipinski definition) is 2. The summed E-state index contributed by atoms with van der Waals surface area (Å²) in [4.78, 5) is 7.86. The van der Waals surface area contributed by atoms with E-state index in [0.717, 1.165) is 28.6 Å². The number of anilines is 1. The van der Waals surface area contributed by atoms with Gasteiger partial charge >= 0.3 is 0 Å². The third-order valence-electron chi connectivity index (χ3n) is 4.10. The molecule has 126 valence electrons. The summed E-state index contributed by atoms with van der Waals surface area (Å²) < 4.78 is 1.88. The molecule has 0 spiro atoms. The number of aromatic amines is 1. The molecule has 0 saturated carbocycles. The van der Waals surface area contributed by atoms with Crippen LogP contribution in [0.2, 0.25) is 0 Å². The van der Waals surface area contributed by atoms with Gasteiger partial charge in [0.2, 0.25) is 0 Å². The highest BCUT2D eigenvalue weighted by Crippen LogP contribution is 2.25. The summed E-state index contributed by atoms with van der Waals surface area (Å²) in [6.07, 6.45) is 1.90. The Balaban J connectivity index is 1.75. The Labute approximate surface area is 143 Å². The molecule has 0 aliphatic heterocycles. The Morgan fingerprint density at radius 2 is 1.96 bits per heavy atom. The van der Waals surface area contributed by atoms with Crippen LogP contribution < -0.4 is 5.32 Å². The summed E-state index contributed by atoms with van der Waals surface area (Å²) in [6, 6.07) is 10.4. The van der Waals surface area contributed by atoms with E-state index in [1.54, 1.807) is 0 Å². The van der Waals surface area contributed by atoms with Crippen LogP contribution in [0, 0.1) is 6.92 Å². The average Bonchev–Trinajstić information content (AvgIpc) is 3.12. The van der Waals surface area contributed by atoms with Gasteiger partial charge in [0.15, 0.2) is 0 Å². The molecule has 5 nitrogen and oxygen atoms in total. The number of rotatable bonds is 4. The lowest BCUT2D eigenvalue weighted by molar-refractivity contribution is 0.551. The number of benzene rings is 1. The molecule has 0 aliphatic carbocycles. The predicted octanol–water partition coefficient (Wildman–Crippen LogP) is 4.03. The first-order chi connectivity index (χ1) is 11.3. The minimum Gasteiger partial charge on any atom is -0.365 e. The molecule has 0 amide bonds. The van der Waals surface area contributed by atoms with E-state index in [-0.39, 0.29) is 5.41 Å². The molecule has 2 N–H and O–H groups in total. The molecule has 0 unspecified atom stereocenters. The lowest BCUT2D eigenvalue weighted by Crippen LogP contribution is -2.13. The predicted molar refractivity (Wildman–Crippen MR) is 98.0 cm³/mol. The highest BCUT2D eigenvalue weighted by atomic mass is 15.3. The normalized spacial score (nSPS) is 11.7. The molecular weight excluding hydrogens is 298 g/mol. The first-order valence-electron chi connectivity index (χ1n) is 8.23. The number of nitrogens with one attached hydrogen (secondary N) is 2. The van der Waals surface area contributed by atoms with E-state index in [4.69, 9.17) is 0 Å². The Hall–Kier alpha value is -2.56. The van der Waals surface area contributed by atoms with Crippen LogP contribution in [0.5, 0.6) is 0 Å². The number of aromatic nitrogens is 4. The molecular formula is C19H25N5. The van der Waals surface area contributed by atoms with Crippen molar-refractivity contribution in [2.75, 3.05) is 5.32 Å². The summed E-state index contributed by atoms with van der Waals surface area (Å²) in [6.45, 7) is 9.25. The van der Waals surface area contributed by atoms with Crippen molar-refractivity contribution in [1.29, 1.82) is 0 Å². The summed E-state index contributed by atoms with van der Waals surface area (Å²) in [5.74, 6) is 1.99. The fourth-order valence-electron chi connectivity index (χ4n) is 2.64. The third-order valence-corrected chi connectivity index (χ3v) is 4.10. The Bertz CT molecular complexity index is 836. The second-order valence-electron chi connectivity index (χ2n) is 7.21. The molecule has 2 heterocycles. The molecule has 24 heavy (non-hydrogen) atoms. The largest absolute Gasteiger partial charge is 0.365 e. The maximum Gasteiger partial charge on any atom is 0.124 e. The van der Waals surface area contributed by atoms with Crippen molar-refractivity contribution in [2.45, 2.75) is 39.7 Å². The van der Waals surface area contributed by atoms with E-state index in [0.29, 0.717) is 6.54 Å². The van der Waals surface area contributed by atoms with E-state index in [1.807, 2.05) is 30.1 Å². The minimum atomic E-state index is 0.0305. The van der Waals surface area contributed by atoms with Crippen molar-refractivity contribution < 1.29 is 0 Å². The maximum atomic E-state index is 4.63. The van der Waals surface area contributed by atoms with Gasteiger partial charge in [0.05, 0.1) is 24.1 Å². The van der Waals surface area contributed by atoms with Gasteiger partial charge in [0.25, 0.3) is 0 Å². The Morgan fingerprint density at radius 3 is 2.62 bits per heavy atom. The van der Waals surface area contributed by atoms with Gasteiger partial charge < -0.3 is 10.3 Å². The SMILES string of the molecule is Cc1ccccc1-c1cc(NCc2cnc(C(C)(C)C)[nH]2)n(C)n1. The van der Waals surface area contributed by atoms with Crippen molar-refractivity contribution in [2.24, 2.45) is 7.05 Å². The zero-order valence-corrected chi connectivity index (χ0v) is 15.0. The number of nitrogens with zero attached hydrogens (tertiary/aromatic N) is 3. The van der Waals surface area contributed by atoms with E-state index >= 15 is 0 Å². The van der Waals surface area contributed by atoms with Gasteiger partial charge in [-0.15, -0.1) is 0 Å². The highest BCUT2D eigenvalue weighted by Gasteiger charge is 2.17. The van der Waals surface area contributed by atoms with Crippen molar-refractivity contribution >= 4 is 5.82 Å². The molecule has 5 heteroatoms. The van der Waals surface area contributed by atoms with Gasteiger partial charge in [0.1, 0.15) is 11.6 Å². The van der Waals surface area contributed by atoms with Gasteiger partial charge in [0, 0.05) is 24.1 Å². The Morgan fingerprint density at radius 1 is 1.21 bits per heavy atom. The summed E-state index contributed by atoms with van der Waals surface area (Å²) >= 11 is 0. The van der Waals surface area contributed by atoms with Gasteiger partial charge in [-0.05, 0) is 12.5 Å². The molecule has 3 aromatic rings. The van der Waals surface area contributed by atoms with Gasteiger partial charge in [-0.3, -0.25) is 4.68 Å². The smallest absolute Gasteiger partial charge is 0.124 e. The topological polar surface area (TPSA) is 58.5 Å². The molecule has 0 bridgehead atoms. The molecule has 3 rings (SSSR count). The maximum absolute atomic E-state index is 4.63. The van der Waals surface area contributed by atoms with Crippen molar-refractivity contribution in [3.8, 4) is 11.3 Å². The zero-order valence-electron chi connectivity index (χ0n) is 15.0. The first-order valence-corrected chi connectivity index (χ1v) is 8.23. The highest BCUT2D eigenvalue weighted by molar-refractivity contribution is 5.66. The number of hydrogen-bond acceptors (Lipinski definition) is 3. The van der Waals surface area contributed by atoms with Crippen LogP contribution in [0.25, 0.3) is 11.3 Å². The van der Waals surface area contributed by atoms with Crippen LogP contribution in [0.15, 0.2) is 36.5 Å². The first kappa shape index (κ1) is 16.3. The van der Waals surface area contributed by atoms with Crippen LogP contribution in [-0.4, -0.2) is 19.7 Å². The molecule has 0 radical (unpaired) electrons. The lowest BCUT2D eigenvalue weighted by atomic mass is 9.96.